The summed E-state index contributed by atoms with van der Waals surface area (Å²) in [5, 5.41) is 19.5. The van der Waals surface area contributed by atoms with E-state index in [0.29, 0.717) is 12.4 Å². The smallest absolute Gasteiger partial charge is 0.124 e. The molecule has 3 rings (SSSR count). The van der Waals surface area contributed by atoms with E-state index < -0.39 is 5.41 Å². The van der Waals surface area contributed by atoms with Crippen LogP contribution in [0.1, 0.15) is 30.4 Å². The molecule has 0 atom stereocenters. The van der Waals surface area contributed by atoms with Crippen molar-refractivity contribution in [3.05, 3.63) is 59.7 Å². The number of rotatable bonds is 4. The Morgan fingerprint density at radius 2 is 1.90 bits per heavy atom. The lowest BCUT2D eigenvalue weighted by Gasteiger charge is -2.36. The van der Waals surface area contributed by atoms with Gasteiger partial charge in [0.25, 0.3) is 0 Å². The van der Waals surface area contributed by atoms with Crippen molar-refractivity contribution in [2.45, 2.75) is 31.3 Å². The molecule has 21 heavy (non-hydrogen) atoms. The molecule has 1 aliphatic carbocycles. The van der Waals surface area contributed by atoms with Crippen molar-refractivity contribution in [2.24, 2.45) is 0 Å². The minimum Gasteiger partial charge on any atom is -0.507 e. The Balaban J connectivity index is 1.74. The van der Waals surface area contributed by atoms with E-state index in [0.717, 1.165) is 30.4 Å². The van der Waals surface area contributed by atoms with Gasteiger partial charge in [0, 0.05) is 11.6 Å². The molecular weight excluding hydrogens is 262 g/mol. The Hall–Kier alpha value is -2.47. The molecule has 1 N–H and O–H groups in total. The fraction of sp³-hybridized carbons (Fsp3) is 0.278. The van der Waals surface area contributed by atoms with Gasteiger partial charge in [-0.25, -0.2) is 0 Å². The number of nitriles is 1. The molecule has 1 saturated carbocycles. The van der Waals surface area contributed by atoms with E-state index in [2.05, 4.69) is 6.07 Å². The molecule has 3 heteroatoms. The Labute approximate surface area is 124 Å². The zero-order valence-electron chi connectivity index (χ0n) is 11.7. The first kappa shape index (κ1) is 13.5. The van der Waals surface area contributed by atoms with Crippen molar-refractivity contribution < 1.29 is 9.84 Å². The lowest BCUT2D eigenvalue weighted by atomic mass is 9.65. The van der Waals surface area contributed by atoms with Crippen LogP contribution in [-0.2, 0) is 12.0 Å². The normalized spacial score (nSPS) is 15.8. The monoisotopic (exact) mass is 279 g/mol. The Morgan fingerprint density at radius 3 is 2.48 bits per heavy atom. The van der Waals surface area contributed by atoms with Gasteiger partial charge in [-0.3, -0.25) is 0 Å². The maximum absolute atomic E-state index is 10.2. The van der Waals surface area contributed by atoms with Crippen LogP contribution in [0.2, 0.25) is 0 Å². The Kier molecular flexibility index (Phi) is 3.53. The highest BCUT2D eigenvalue weighted by Gasteiger charge is 2.40. The third kappa shape index (κ3) is 2.57. The predicted octanol–water partition coefficient (Wildman–Crippen LogP) is 3.92. The van der Waals surface area contributed by atoms with Gasteiger partial charge in [-0.2, -0.15) is 5.26 Å². The van der Waals surface area contributed by atoms with Crippen LogP contribution in [0.25, 0.3) is 0 Å². The van der Waals surface area contributed by atoms with Crippen LogP contribution in [-0.4, -0.2) is 5.11 Å². The molecule has 0 radical (unpaired) electrons. The third-order valence-electron chi connectivity index (χ3n) is 4.15. The molecule has 0 spiro atoms. The lowest BCUT2D eigenvalue weighted by Crippen LogP contribution is -2.32. The molecule has 0 heterocycles. The van der Waals surface area contributed by atoms with Crippen LogP contribution in [0.15, 0.2) is 48.5 Å². The molecule has 0 unspecified atom stereocenters. The predicted molar refractivity (Wildman–Crippen MR) is 80.0 cm³/mol. The lowest BCUT2D eigenvalue weighted by molar-refractivity contribution is 0.296. The SMILES string of the molecule is N#CC1(c2ccc(OCc3ccccc3)cc2O)CCC1. The first-order chi connectivity index (χ1) is 10.2. The number of ether oxygens (including phenoxy) is 1. The van der Waals surface area contributed by atoms with E-state index in [1.165, 1.54) is 0 Å². The van der Waals surface area contributed by atoms with Crippen molar-refractivity contribution in [2.75, 3.05) is 0 Å². The van der Waals surface area contributed by atoms with E-state index in [9.17, 15) is 10.4 Å². The fourth-order valence-corrected chi connectivity index (χ4v) is 2.72. The van der Waals surface area contributed by atoms with E-state index in [1.807, 2.05) is 42.5 Å². The van der Waals surface area contributed by atoms with E-state index in [4.69, 9.17) is 4.74 Å². The molecule has 1 fully saturated rings. The molecule has 1 aliphatic rings. The number of benzene rings is 2. The van der Waals surface area contributed by atoms with E-state index in [1.54, 1.807) is 6.07 Å². The quantitative estimate of drug-likeness (QED) is 0.923. The molecule has 106 valence electrons. The van der Waals surface area contributed by atoms with Gasteiger partial charge in [-0.15, -0.1) is 0 Å². The van der Waals surface area contributed by atoms with Gasteiger partial charge >= 0.3 is 0 Å². The average Bonchev–Trinajstić information content (AvgIpc) is 2.47. The van der Waals surface area contributed by atoms with Crippen LogP contribution in [0, 0.1) is 11.3 Å². The topological polar surface area (TPSA) is 53.2 Å². The maximum atomic E-state index is 10.2. The van der Waals surface area contributed by atoms with Crippen LogP contribution in [0.3, 0.4) is 0 Å². The summed E-state index contributed by atoms with van der Waals surface area (Å²) in [6.07, 6.45) is 2.68. The number of phenols is 1. The Morgan fingerprint density at radius 1 is 1.14 bits per heavy atom. The van der Waals surface area contributed by atoms with Gasteiger partial charge in [0.2, 0.25) is 0 Å². The first-order valence-electron chi connectivity index (χ1n) is 7.15. The number of phenolic OH excluding ortho intramolecular Hbond substituents is 1. The molecule has 0 saturated heterocycles. The van der Waals surface area contributed by atoms with Crippen molar-refractivity contribution in [3.8, 4) is 17.6 Å². The minimum atomic E-state index is -0.498. The first-order valence-corrected chi connectivity index (χ1v) is 7.15. The summed E-state index contributed by atoms with van der Waals surface area (Å²) in [4.78, 5) is 0. The summed E-state index contributed by atoms with van der Waals surface area (Å²) in [5.74, 6) is 0.773. The second-order valence-corrected chi connectivity index (χ2v) is 5.50. The summed E-state index contributed by atoms with van der Waals surface area (Å²) in [6, 6.07) is 17.5. The summed E-state index contributed by atoms with van der Waals surface area (Å²) < 4.78 is 5.68. The Bertz CT molecular complexity index is 669. The zero-order chi connectivity index (χ0) is 14.7. The molecule has 0 aromatic heterocycles. The van der Waals surface area contributed by atoms with Gasteiger partial charge in [-0.05, 0) is 30.9 Å². The average molecular weight is 279 g/mol. The van der Waals surface area contributed by atoms with Crippen LogP contribution in [0.4, 0.5) is 0 Å². The molecule has 0 bridgehead atoms. The minimum absolute atomic E-state index is 0.154. The fourth-order valence-electron chi connectivity index (χ4n) is 2.72. The summed E-state index contributed by atoms with van der Waals surface area (Å²) in [7, 11) is 0. The van der Waals surface area contributed by atoms with Crippen molar-refractivity contribution >= 4 is 0 Å². The highest BCUT2D eigenvalue weighted by molar-refractivity contribution is 5.48. The summed E-state index contributed by atoms with van der Waals surface area (Å²) >= 11 is 0. The third-order valence-corrected chi connectivity index (χ3v) is 4.15. The van der Waals surface area contributed by atoms with Gasteiger partial charge in [0.05, 0.1) is 11.5 Å². The number of hydrogen-bond acceptors (Lipinski definition) is 3. The number of hydrogen-bond donors (Lipinski definition) is 1. The molecular formula is C18H17NO2. The number of aromatic hydroxyl groups is 1. The molecule has 0 amide bonds. The summed E-state index contributed by atoms with van der Waals surface area (Å²) in [5.41, 5.74) is 1.30. The van der Waals surface area contributed by atoms with E-state index >= 15 is 0 Å². The van der Waals surface area contributed by atoms with Crippen LogP contribution in [0.5, 0.6) is 11.5 Å². The van der Waals surface area contributed by atoms with Gasteiger partial charge in [0.1, 0.15) is 18.1 Å². The zero-order valence-corrected chi connectivity index (χ0v) is 11.7. The second kappa shape index (κ2) is 5.49. The summed E-state index contributed by atoms with van der Waals surface area (Å²) in [6.45, 7) is 0.461. The van der Waals surface area contributed by atoms with Crippen LogP contribution < -0.4 is 4.74 Å². The highest BCUT2D eigenvalue weighted by atomic mass is 16.5. The maximum Gasteiger partial charge on any atom is 0.124 e. The molecule has 3 nitrogen and oxygen atoms in total. The standard InChI is InChI=1S/C18H17NO2/c19-13-18(9-4-10-18)16-8-7-15(11-17(16)20)21-12-14-5-2-1-3-6-14/h1-3,5-8,11,20H,4,9-10,12H2. The van der Waals surface area contributed by atoms with Gasteiger partial charge in [0.15, 0.2) is 0 Å². The van der Waals surface area contributed by atoms with Gasteiger partial charge in [-0.1, -0.05) is 36.4 Å². The van der Waals surface area contributed by atoms with Gasteiger partial charge < -0.3 is 9.84 Å². The van der Waals surface area contributed by atoms with Crippen LogP contribution >= 0.6 is 0 Å². The van der Waals surface area contributed by atoms with Crippen molar-refractivity contribution in [1.82, 2.24) is 0 Å². The largest absolute Gasteiger partial charge is 0.507 e. The van der Waals surface area contributed by atoms with E-state index in [-0.39, 0.29) is 5.75 Å². The van der Waals surface area contributed by atoms with Crippen molar-refractivity contribution in [1.29, 1.82) is 5.26 Å². The number of nitrogens with zero attached hydrogens (tertiary/aromatic N) is 1. The van der Waals surface area contributed by atoms with Crippen molar-refractivity contribution in [3.63, 3.8) is 0 Å². The second-order valence-electron chi connectivity index (χ2n) is 5.50. The molecule has 0 aliphatic heterocycles. The molecule has 2 aromatic rings. The molecule has 2 aromatic carbocycles. The highest BCUT2D eigenvalue weighted by Crippen LogP contribution is 2.47.